The number of nitrogens with one attached hydrogen (secondary N) is 3. The summed E-state index contributed by atoms with van der Waals surface area (Å²) < 4.78 is 42.3. The Balaban J connectivity index is 1.25. The zero-order valence-corrected chi connectivity index (χ0v) is 20.6. The number of carboxylic acid groups (broad SMARTS) is 1. The summed E-state index contributed by atoms with van der Waals surface area (Å²) in [5.41, 5.74) is 0.617. The van der Waals surface area contributed by atoms with Crippen molar-refractivity contribution in [2.24, 2.45) is 23.2 Å². The van der Waals surface area contributed by atoms with E-state index in [-0.39, 0.29) is 47.4 Å². The number of hydrogen-bond donors (Lipinski definition) is 4. The molecule has 2 aromatic rings. The number of aromatic nitrogens is 2. The molecular weight excluding hydrogens is 501 g/mol. The number of anilines is 2. The van der Waals surface area contributed by atoms with E-state index in [4.69, 9.17) is 5.11 Å². The second-order valence-electron chi connectivity index (χ2n) is 10.7. The lowest BCUT2D eigenvalue weighted by Crippen LogP contribution is -2.60. The predicted molar refractivity (Wildman–Crippen MR) is 131 cm³/mol. The highest BCUT2D eigenvalue weighted by Gasteiger charge is 2.55. The van der Waals surface area contributed by atoms with Crippen LogP contribution in [0.25, 0.3) is 0 Å². The molecule has 4 aliphatic carbocycles. The minimum Gasteiger partial charge on any atom is -0.480 e. The van der Waals surface area contributed by atoms with E-state index in [1.54, 1.807) is 6.07 Å². The van der Waals surface area contributed by atoms with Crippen LogP contribution in [0.5, 0.6) is 5.75 Å². The molecule has 9 nitrogen and oxygen atoms in total. The zero-order chi connectivity index (χ0) is 26.9. The highest BCUT2D eigenvalue weighted by molar-refractivity contribution is 5.69. The normalized spacial score (nSPS) is 27.5. The van der Waals surface area contributed by atoms with E-state index >= 15 is 0 Å². The van der Waals surface area contributed by atoms with Gasteiger partial charge in [0.1, 0.15) is 23.2 Å². The summed E-state index contributed by atoms with van der Waals surface area (Å²) in [7, 11) is 0. The number of hydrogen-bond acceptors (Lipinski definition) is 8. The molecule has 1 aromatic carbocycles. The zero-order valence-electron chi connectivity index (χ0n) is 20.6. The number of nitriles is 1. The van der Waals surface area contributed by atoms with E-state index in [9.17, 15) is 23.2 Å². The van der Waals surface area contributed by atoms with Gasteiger partial charge < -0.3 is 25.8 Å². The van der Waals surface area contributed by atoms with Gasteiger partial charge in [-0.3, -0.25) is 4.79 Å². The molecule has 0 amide bonds. The van der Waals surface area contributed by atoms with E-state index < -0.39 is 12.3 Å². The number of para-hydroxylation sites is 1. The van der Waals surface area contributed by atoms with E-state index in [1.807, 2.05) is 0 Å². The van der Waals surface area contributed by atoms with Crippen LogP contribution in [-0.4, -0.2) is 46.5 Å². The maximum atomic E-state index is 12.7. The number of ether oxygens (including phenoxy) is 1. The number of carboxylic acids is 1. The lowest BCUT2D eigenvalue weighted by molar-refractivity contribution is -0.274. The molecule has 1 unspecified atom stereocenters. The predicted octanol–water partition coefficient (Wildman–Crippen LogP) is 4.14. The van der Waals surface area contributed by atoms with Gasteiger partial charge in [-0.2, -0.15) is 10.2 Å². The van der Waals surface area contributed by atoms with Crippen LogP contribution in [0, 0.1) is 34.5 Å². The van der Waals surface area contributed by atoms with Gasteiger partial charge in [-0.05, 0) is 61.3 Å². The second kappa shape index (κ2) is 10.3. The summed E-state index contributed by atoms with van der Waals surface area (Å²) in [6.45, 7) is 0.607. The van der Waals surface area contributed by atoms with Crippen molar-refractivity contribution in [1.82, 2.24) is 15.3 Å². The minimum atomic E-state index is -4.80. The molecule has 0 saturated heterocycles. The smallest absolute Gasteiger partial charge is 0.480 e. The SMILES string of the molecule is N#Cc1cnc(NCc2ccccc2OC(F)(F)F)nc1NC[C@]12CC3C[C@H](C1)[C@H](NCC(=O)O)[C@@H](C3)C2. The van der Waals surface area contributed by atoms with Gasteiger partial charge in [-0.25, -0.2) is 4.98 Å². The van der Waals surface area contributed by atoms with E-state index in [0.717, 1.165) is 32.1 Å². The fraction of sp³-hybridized carbons (Fsp3) is 0.538. The molecule has 6 rings (SSSR count). The molecule has 12 heteroatoms. The van der Waals surface area contributed by atoms with Gasteiger partial charge in [0, 0.05) is 24.7 Å². The Morgan fingerprint density at radius 1 is 1.18 bits per heavy atom. The Labute approximate surface area is 217 Å². The van der Waals surface area contributed by atoms with Crippen molar-refractivity contribution in [3.8, 4) is 11.8 Å². The van der Waals surface area contributed by atoms with Crippen molar-refractivity contribution in [2.75, 3.05) is 23.7 Å². The number of alkyl halides is 3. The summed E-state index contributed by atoms with van der Waals surface area (Å²) in [6, 6.07) is 8.15. The Morgan fingerprint density at radius 2 is 1.92 bits per heavy atom. The first-order valence-electron chi connectivity index (χ1n) is 12.7. The third-order valence-corrected chi connectivity index (χ3v) is 8.06. The first-order valence-corrected chi connectivity index (χ1v) is 12.7. The third kappa shape index (κ3) is 5.78. The van der Waals surface area contributed by atoms with Gasteiger partial charge in [-0.15, -0.1) is 13.2 Å². The van der Waals surface area contributed by atoms with Crippen LogP contribution in [0.15, 0.2) is 30.5 Å². The number of aliphatic carboxylic acids is 1. The van der Waals surface area contributed by atoms with Crippen molar-refractivity contribution < 1.29 is 27.8 Å². The molecule has 4 N–H and O–H groups in total. The lowest BCUT2D eigenvalue weighted by Gasteiger charge is -2.60. The van der Waals surface area contributed by atoms with Gasteiger partial charge in [0.05, 0.1) is 12.7 Å². The highest BCUT2D eigenvalue weighted by Crippen LogP contribution is 2.60. The molecular formula is C26H29F3N6O3. The molecule has 4 saturated carbocycles. The molecule has 202 valence electrons. The number of rotatable bonds is 10. The van der Waals surface area contributed by atoms with Crippen LogP contribution in [0.2, 0.25) is 0 Å². The molecule has 38 heavy (non-hydrogen) atoms. The van der Waals surface area contributed by atoms with Crippen molar-refractivity contribution >= 4 is 17.7 Å². The number of carbonyl (C=O) groups is 1. The highest BCUT2D eigenvalue weighted by atomic mass is 19.4. The summed E-state index contributed by atoms with van der Waals surface area (Å²) in [6.07, 6.45) is 1.87. The monoisotopic (exact) mass is 530 g/mol. The van der Waals surface area contributed by atoms with Crippen molar-refractivity contribution in [3.63, 3.8) is 0 Å². The first kappa shape index (κ1) is 26.0. The number of nitrogens with zero attached hydrogens (tertiary/aromatic N) is 3. The summed E-state index contributed by atoms with van der Waals surface area (Å²) >= 11 is 0. The third-order valence-electron chi connectivity index (χ3n) is 8.06. The number of halogens is 3. The fourth-order valence-electron chi connectivity index (χ4n) is 6.95. The second-order valence-corrected chi connectivity index (χ2v) is 10.7. The minimum absolute atomic E-state index is 0.00268. The molecule has 5 atom stereocenters. The van der Waals surface area contributed by atoms with Crippen LogP contribution in [0.4, 0.5) is 24.9 Å². The molecule has 4 aliphatic rings. The molecule has 4 bridgehead atoms. The molecule has 1 heterocycles. The van der Waals surface area contributed by atoms with E-state index in [1.165, 1.54) is 24.4 Å². The largest absolute Gasteiger partial charge is 0.573 e. The van der Waals surface area contributed by atoms with Gasteiger partial charge in [0.2, 0.25) is 5.95 Å². The Kier molecular flexibility index (Phi) is 7.05. The van der Waals surface area contributed by atoms with Crippen molar-refractivity contribution in [1.29, 1.82) is 5.26 Å². The Morgan fingerprint density at radius 3 is 2.61 bits per heavy atom. The average molecular weight is 531 g/mol. The van der Waals surface area contributed by atoms with Gasteiger partial charge >= 0.3 is 12.3 Å². The lowest BCUT2D eigenvalue weighted by atomic mass is 9.48. The maximum absolute atomic E-state index is 12.7. The van der Waals surface area contributed by atoms with E-state index in [2.05, 4.69) is 36.7 Å². The van der Waals surface area contributed by atoms with Gasteiger partial charge in [0.25, 0.3) is 0 Å². The van der Waals surface area contributed by atoms with Crippen LogP contribution >= 0.6 is 0 Å². The van der Waals surface area contributed by atoms with Crippen LogP contribution in [-0.2, 0) is 11.3 Å². The van der Waals surface area contributed by atoms with Crippen LogP contribution < -0.4 is 20.7 Å². The molecule has 0 radical (unpaired) electrons. The van der Waals surface area contributed by atoms with Crippen LogP contribution in [0.3, 0.4) is 0 Å². The molecule has 1 aromatic heterocycles. The fourth-order valence-corrected chi connectivity index (χ4v) is 6.95. The summed E-state index contributed by atoms with van der Waals surface area (Å²) in [5.74, 6) is 0.882. The van der Waals surface area contributed by atoms with Gasteiger partial charge in [-0.1, -0.05) is 18.2 Å². The van der Waals surface area contributed by atoms with Crippen molar-refractivity contribution in [3.05, 3.63) is 41.6 Å². The Bertz CT molecular complexity index is 1220. The van der Waals surface area contributed by atoms with Crippen LogP contribution in [0.1, 0.15) is 43.2 Å². The number of benzene rings is 1. The summed E-state index contributed by atoms with van der Waals surface area (Å²) in [4.78, 5) is 19.7. The molecule has 0 aliphatic heterocycles. The van der Waals surface area contributed by atoms with Crippen molar-refractivity contribution in [2.45, 2.75) is 51.1 Å². The maximum Gasteiger partial charge on any atom is 0.573 e. The molecule has 0 spiro atoms. The Hall–Kier alpha value is -3.59. The standard InChI is InChI=1S/C26H29F3N6O3/c27-26(28,29)38-20-4-2-1-3-16(20)11-32-24-33-12-19(10-30)23(35-24)34-14-25-7-15-5-17(8-25)22(18(6-15)9-25)31-13-21(36)37/h1-4,12,15,17-18,22,31H,5-9,11,13-14H2,(H,36,37)(H2,32,33,34,35)/t15?,17-,18+,22+,25-. The van der Waals surface area contributed by atoms with E-state index in [0.29, 0.717) is 30.1 Å². The molecule has 4 fully saturated rings. The topological polar surface area (TPSA) is 132 Å². The summed E-state index contributed by atoms with van der Waals surface area (Å²) in [5, 5.41) is 28.2. The average Bonchev–Trinajstić information content (AvgIpc) is 2.85. The quantitative estimate of drug-likeness (QED) is 0.358. The van der Waals surface area contributed by atoms with Gasteiger partial charge in [0.15, 0.2) is 0 Å². The first-order chi connectivity index (χ1) is 18.1.